The number of nitrogens with zero attached hydrogens (tertiary/aromatic N) is 2. The zero-order valence-corrected chi connectivity index (χ0v) is 8.82. The first kappa shape index (κ1) is 14.2. The minimum absolute atomic E-state index is 0. The maximum absolute atomic E-state index is 11.4. The molecule has 0 saturated heterocycles. The van der Waals surface area contributed by atoms with E-state index in [9.17, 15) is 4.79 Å². The maximum atomic E-state index is 11.4. The number of nitrogens with one attached hydrogen (secondary N) is 1. The smallest absolute Gasteiger partial charge is 0.629 e. The summed E-state index contributed by atoms with van der Waals surface area (Å²) in [6, 6.07) is 6.91. The Hall–Kier alpha value is -0.775. The Labute approximate surface area is 111 Å². The van der Waals surface area contributed by atoms with Crippen molar-refractivity contribution >= 4 is 10.9 Å². The first-order valence-corrected chi connectivity index (χ1v) is 3.75. The van der Waals surface area contributed by atoms with Crippen molar-refractivity contribution in [1.82, 2.24) is 9.66 Å². The largest absolute Gasteiger partial charge is 1.00 e. The molecule has 6 heteroatoms. The molecule has 15 heavy (non-hydrogen) atoms. The van der Waals surface area contributed by atoms with Gasteiger partial charge in [0.15, 0.2) is 0 Å². The fraction of sp³-hybridized carbons (Fsp3) is 0. The summed E-state index contributed by atoms with van der Waals surface area (Å²) in [6.07, 6.45) is 0. The second-order valence-electron chi connectivity index (χ2n) is 2.69. The number of hydrogen-bond donors (Lipinski definition) is 0. The van der Waals surface area contributed by atoms with Crippen LogP contribution in [0.25, 0.3) is 16.7 Å². The van der Waals surface area contributed by atoms with Crippen molar-refractivity contribution in [2.75, 3.05) is 0 Å². The SMILES string of the molecule is [CH2-]c1nc2ccccc2c(=O)n1[NH-].[Li+].[Li+]. The van der Waals surface area contributed by atoms with Crippen LogP contribution in [0, 0.1) is 6.92 Å². The third kappa shape index (κ3) is 2.42. The predicted molar refractivity (Wildman–Crippen MR) is 50.2 cm³/mol. The molecule has 0 spiro atoms. The molecule has 0 atom stereocenters. The molecular weight excluding hydrogens is 180 g/mol. The van der Waals surface area contributed by atoms with Crippen LogP contribution >= 0.6 is 0 Å². The summed E-state index contributed by atoms with van der Waals surface area (Å²) in [7, 11) is 0. The number of aromatic nitrogens is 2. The van der Waals surface area contributed by atoms with Crippen LogP contribution in [0.4, 0.5) is 0 Å². The van der Waals surface area contributed by atoms with Gasteiger partial charge in [-0.1, -0.05) is 12.1 Å². The Morgan fingerprint density at radius 1 is 1.27 bits per heavy atom. The molecule has 1 heterocycles. The number of para-hydroxylation sites is 1. The molecule has 0 fully saturated rings. The summed E-state index contributed by atoms with van der Waals surface area (Å²) >= 11 is 0. The van der Waals surface area contributed by atoms with E-state index in [1.165, 1.54) is 0 Å². The van der Waals surface area contributed by atoms with Crippen LogP contribution < -0.4 is 43.3 Å². The second kappa shape index (κ2) is 5.35. The normalized spacial score (nSPS) is 9.07. The standard InChI is InChI=1S/C9H7N3O.2Li/c1-6-11-8-5-3-2-4-7(8)9(13)12(6)10;;/h2-5,10H,1H2;;/q-2;2*+1. The Morgan fingerprint density at radius 2 is 1.87 bits per heavy atom. The number of rotatable bonds is 0. The maximum Gasteiger partial charge on any atom is 1.00 e. The van der Waals surface area contributed by atoms with Gasteiger partial charge in [-0.25, -0.2) is 0 Å². The van der Waals surface area contributed by atoms with Crippen LogP contribution in [0.5, 0.6) is 0 Å². The van der Waals surface area contributed by atoms with Gasteiger partial charge in [0.2, 0.25) is 5.56 Å². The summed E-state index contributed by atoms with van der Waals surface area (Å²) in [6.45, 7) is 3.50. The van der Waals surface area contributed by atoms with Gasteiger partial charge in [-0.05, 0) is 18.0 Å². The summed E-state index contributed by atoms with van der Waals surface area (Å²) < 4.78 is 0.697. The Balaban J connectivity index is 0.000000980. The fourth-order valence-electron chi connectivity index (χ4n) is 1.18. The Kier molecular flexibility index (Phi) is 5.07. The zero-order valence-electron chi connectivity index (χ0n) is 8.82. The molecule has 0 saturated carbocycles. The minimum Gasteiger partial charge on any atom is -0.629 e. The predicted octanol–water partition coefficient (Wildman–Crippen LogP) is -4.60. The molecule has 0 unspecified atom stereocenters. The van der Waals surface area contributed by atoms with E-state index in [2.05, 4.69) is 11.9 Å². The third-order valence-electron chi connectivity index (χ3n) is 1.85. The molecule has 0 radical (unpaired) electrons. The fourth-order valence-corrected chi connectivity index (χ4v) is 1.18. The summed E-state index contributed by atoms with van der Waals surface area (Å²) in [5.74, 6) is 7.46. The average Bonchev–Trinajstić information content (AvgIpc) is 2.15. The van der Waals surface area contributed by atoms with Crippen LogP contribution in [0.3, 0.4) is 0 Å². The van der Waals surface area contributed by atoms with Gasteiger partial charge in [-0.2, -0.15) is 0 Å². The van der Waals surface area contributed by atoms with E-state index in [1.54, 1.807) is 24.3 Å². The molecule has 1 aromatic heterocycles. The summed E-state index contributed by atoms with van der Waals surface area (Å²) in [4.78, 5) is 15.4. The van der Waals surface area contributed by atoms with Crippen LogP contribution in [0.2, 0.25) is 0 Å². The number of hydrogen-bond acceptors (Lipinski definition) is 2. The van der Waals surface area contributed by atoms with Crippen molar-refractivity contribution in [3.8, 4) is 0 Å². The van der Waals surface area contributed by atoms with Crippen LogP contribution in [0.1, 0.15) is 5.82 Å². The van der Waals surface area contributed by atoms with E-state index in [0.29, 0.717) is 15.6 Å². The first-order valence-electron chi connectivity index (χ1n) is 3.75. The van der Waals surface area contributed by atoms with Crippen LogP contribution in [-0.2, 0) is 0 Å². The van der Waals surface area contributed by atoms with Crippen LogP contribution in [0.15, 0.2) is 29.1 Å². The van der Waals surface area contributed by atoms with Gasteiger partial charge in [0, 0.05) is 0 Å². The van der Waals surface area contributed by atoms with Crippen molar-refractivity contribution in [2.24, 2.45) is 0 Å². The van der Waals surface area contributed by atoms with Gasteiger partial charge in [-0.15, -0.1) is 0 Å². The number of fused-ring (bicyclic) bond motifs is 1. The second-order valence-corrected chi connectivity index (χ2v) is 2.69. The molecule has 0 aliphatic carbocycles. The van der Waals surface area contributed by atoms with E-state index < -0.39 is 0 Å². The molecule has 0 aliphatic rings. The van der Waals surface area contributed by atoms with E-state index in [-0.39, 0.29) is 49.1 Å². The molecule has 0 bridgehead atoms. The number of benzene rings is 1. The Morgan fingerprint density at radius 3 is 2.53 bits per heavy atom. The monoisotopic (exact) mass is 187 g/mol. The van der Waals surface area contributed by atoms with Crippen molar-refractivity contribution in [3.63, 3.8) is 0 Å². The zero-order chi connectivity index (χ0) is 9.42. The molecule has 1 N–H and O–H groups in total. The van der Waals surface area contributed by atoms with Gasteiger partial charge in [0.05, 0.1) is 10.9 Å². The van der Waals surface area contributed by atoms with Crippen molar-refractivity contribution < 1.29 is 37.7 Å². The van der Waals surface area contributed by atoms with E-state index >= 15 is 0 Å². The topological polar surface area (TPSA) is 58.7 Å². The molecule has 1 aromatic carbocycles. The van der Waals surface area contributed by atoms with Gasteiger partial charge in [0.25, 0.3) is 0 Å². The molecule has 2 aromatic rings. The molecule has 0 aliphatic heterocycles. The van der Waals surface area contributed by atoms with Crippen molar-refractivity contribution in [1.29, 1.82) is 0 Å². The van der Waals surface area contributed by atoms with Gasteiger partial charge in [0.1, 0.15) is 0 Å². The van der Waals surface area contributed by atoms with E-state index in [0.717, 1.165) is 0 Å². The quantitative estimate of drug-likeness (QED) is 0.308. The summed E-state index contributed by atoms with van der Waals surface area (Å²) in [5.41, 5.74) is 0.205. The first-order chi connectivity index (χ1) is 6.20. The third-order valence-corrected chi connectivity index (χ3v) is 1.85. The molecule has 66 valence electrons. The van der Waals surface area contributed by atoms with Gasteiger partial charge < -0.3 is 17.4 Å². The summed E-state index contributed by atoms with van der Waals surface area (Å²) in [5, 5.41) is 0.449. The van der Waals surface area contributed by atoms with Gasteiger partial charge in [-0.3, -0.25) is 9.78 Å². The molecular formula is C9H7Li2N3O. The van der Waals surface area contributed by atoms with Crippen molar-refractivity contribution in [3.05, 3.63) is 53.2 Å². The minimum atomic E-state index is -0.379. The Bertz CT molecular complexity index is 524. The van der Waals surface area contributed by atoms with E-state index in [4.69, 9.17) is 5.84 Å². The van der Waals surface area contributed by atoms with E-state index in [1.807, 2.05) is 0 Å². The molecule has 2 rings (SSSR count). The van der Waals surface area contributed by atoms with Gasteiger partial charge >= 0.3 is 37.7 Å². The average molecular weight is 187 g/mol. The molecule has 4 nitrogen and oxygen atoms in total. The van der Waals surface area contributed by atoms with Crippen molar-refractivity contribution in [2.45, 2.75) is 0 Å². The van der Waals surface area contributed by atoms with Crippen LogP contribution in [-0.4, -0.2) is 9.66 Å². The molecule has 0 amide bonds.